The van der Waals surface area contributed by atoms with Crippen molar-refractivity contribution in [3.05, 3.63) is 29.8 Å². The molecule has 2 heterocycles. The van der Waals surface area contributed by atoms with Crippen LogP contribution >= 0.6 is 0 Å². The molecule has 3 aliphatic rings. The zero-order valence-electron chi connectivity index (χ0n) is 17.6. The van der Waals surface area contributed by atoms with Gasteiger partial charge in [-0.05, 0) is 56.1 Å². The van der Waals surface area contributed by atoms with Crippen molar-refractivity contribution in [2.24, 2.45) is 11.8 Å². The van der Waals surface area contributed by atoms with Crippen LogP contribution in [0.1, 0.15) is 51.5 Å². The summed E-state index contributed by atoms with van der Waals surface area (Å²) in [6.07, 6.45) is 5.45. The number of nitrogens with one attached hydrogen (secondary N) is 2. The summed E-state index contributed by atoms with van der Waals surface area (Å²) in [5, 5.41) is 6.12. The van der Waals surface area contributed by atoms with Crippen LogP contribution in [0.15, 0.2) is 24.3 Å². The van der Waals surface area contributed by atoms with Gasteiger partial charge >= 0.3 is 6.03 Å². The molecule has 29 heavy (non-hydrogen) atoms. The summed E-state index contributed by atoms with van der Waals surface area (Å²) in [5.74, 6) is 0.912. The molecule has 0 bridgehead atoms. The SMILES string of the molecule is CCc1ccccc1NC(=O)N1CCC2(CCC(C(=O)NCC3CC3)O2)C(C)C1. The number of amides is 3. The van der Waals surface area contributed by atoms with E-state index in [1.807, 2.05) is 29.2 Å². The molecule has 1 aromatic carbocycles. The van der Waals surface area contributed by atoms with E-state index in [2.05, 4.69) is 24.5 Å². The molecule has 3 unspecified atom stereocenters. The van der Waals surface area contributed by atoms with Gasteiger partial charge in [-0.25, -0.2) is 4.79 Å². The van der Waals surface area contributed by atoms with Crippen LogP contribution in [-0.4, -0.2) is 48.2 Å². The van der Waals surface area contributed by atoms with E-state index in [1.54, 1.807) is 0 Å². The molecule has 158 valence electrons. The third kappa shape index (κ3) is 4.42. The van der Waals surface area contributed by atoms with Crippen molar-refractivity contribution >= 4 is 17.6 Å². The zero-order valence-corrected chi connectivity index (χ0v) is 17.6. The number of ether oxygens (including phenoxy) is 1. The topological polar surface area (TPSA) is 70.7 Å². The number of carbonyl (C=O) groups excluding carboxylic acids is 2. The van der Waals surface area contributed by atoms with E-state index in [0.717, 1.165) is 43.5 Å². The fourth-order valence-corrected chi connectivity index (χ4v) is 4.68. The van der Waals surface area contributed by atoms with Crippen molar-refractivity contribution in [1.82, 2.24) is 10.2 Å². The lowest BCUT2D eigenvalue weighted by Gasteiger charge is -2.44. The van der Waals surface area contributed by atoms with Crippen LogP contribution < -0.4 is 10.6 Å². The van der Waals surface area contributed by atoms with Crippen LogP contribution in [0.3, 0.4) is 0 Å². The number of benzene rings is 1. The number of likely N-dealkylation sites (tertiary alicyclic amines) is 1. The Morgan fingerprint density at radius 2 is 2.00 bits per heavy atom. The first-order valence-corrected chi connectivity index (χ1v) is 11.1. The van der Waals surface area contributed by atoms with Crippen LogP contribution in [0.5, 0.6) is 0 Å². The van der Waals surface area contributed by atoms with Crippen molar-refractivity contribution in [3.63, 3.8) is 0 Å². The van der Waals surface area contributed by atoms with E-state index in [0.29, 0.717) is 19.0 Å². The average Bonchev–Trinajstić information content (AvgIpc) is 3.46. The van der Waals surface area contributed by atoms with Crippen LogP contribution in [0, 0.1) is 11.8 Å². The van der Waals surface area contributed by atoms with E-state index in [9.17, 15) is 9.59 Å². The summed E-state index contributed by atoms with van der Waals surface area (Å²) in [6, 6.07) is 7.89. The molecule has 6 nitrogen and oxygen atoms in total. The normalized spacial score (nSPS) is 29.1. The summed E-state index contributed by atoms with van der Waals surface area (Å²) in [7, 11) is 0. The predicted octanol–water partition coefficient (Wildman–Crippen LogP) is 3.57. The summed E-state index contributed by atoms with van der Waals surface area (Å²) < 4.78 is 6.33. The van der Waals surface area contributed by atoms with Gasteiger partial charge in [0.2, 0.25) is 5.91 Å². The van der Waals surface area contributed by atoms with Crippen molar-refractivity contribution in [2.45, 2.75) is 64.1 Å². The minimum atomic E-state index is -0.340. The zero-order chi connectivity index (χ0) is 20.4. The number of piperidine rings is 1. The Bertz CT molecular complexity index is 763. The van der Waals surface area contributed by atoms with Crippen molar-refractivity contribution < 1.29 is 14.3 Å². The number of nitrogens with zero attached hydrogens (tertiary/aromatic N) is 1. The van der Waals surface area contributed by atoms with Gasteiger partial charge in [-0.15, -0.1) is 0 Å². The maximum atomic E-state index is 12.8. The molecule has 3 atom stereocenters. The highest BCUT2D eigenvalue weighted by Gasteiger charge is 2.49. The van der Waals surface area contributed by atoms with Gasteiger partial charge in [-0.3, -0.25) is 4.79 Å². The van der Waals surface area contributed by atoms with E-state index >= 15 is 0 Å². The van der Waals surface area contributed by atoms with Crippen molar-refractivity contribution in [3.8, 4) is 0 Å². The Labute approximate surface area is 173 Å². The third-order valence-electron chi connectivity index (χ3n) is 6.89. The minimum Gasteiger partial charge on any atom is -0.362 e. The molecule has 2 saturated heterocycles. The molecule has 3 amide bonds. The fourth-order valence-electron chi connectivity index (χ4n) is 4.68. The molecule has 1 aromatic rings. The lowest BCUT2D eigenvalue weighted by Crippen LogP contribution is -2.54. The number of carbonyl (C=O) groups is 2. The Morgan fingerprint density at radius 3 is 2.72 bits per heavy atom. The summed E-state index contributed by atoms with van der Waals surface area (Å²) >= 11 is 0. The van der Waals surface area contributed by atoms with E-state index in [4.69, 9.17) is 4.74 Å². The lowest BCUT2D eigenvalue weighted by atomic mass is 9.80. The number of aryl methyl sites for hydroxylation is 1. The second-order valence-electron chi connectivity index (χ2n) is 8.94. The first kappa shape index (κ1) is 20.2. The van der Waals surface area contributed by atoms with Gasteiger partial charge in [-0.2, -0.15) is 0 Å². The van der Waals surface area contributed by atoms with Gasteiger partial charge in [0.05, 0.1) is 5.60 Å². The molecular formula is C23H33N3O3. The highest BCUT2D eigenvalue weighted by atomic mass is 16.5. The first-order valence-electron chi connectivity index (χ1n) is 11.1. The largest absolute Gasteiger partial charge is 0.362 e. The van der Waals surface area contributed by atoms with Gasteiger partial charge in [0.1, 0.15) is 6.10 Å². The molecule has 2 aliphatic heterocycles. The second kappa shape index (κ2) is 8.34. The average molecular weight is 400 g/mol. The molecule has 6 heteroatoms. The molecule has 1 aliphatic carbocycles. The first-order chi connectivity index (χ1) is 14.0. The Morgan fingerprint density at radius 1 is 1.21 bits per heavy atom. The number of hydrogen-bond donors (Lipinski definition) is 2. The minimum absolute atomic E-state index is 0.0392. The van der Waals surface area contributed by atoms with Gasteiger partial charge in [0.25, 0.3) is 0 Å². The molecule has 2 N–H and O–H groups in total. The third-order valence-corrected chi connectivity index (χ3v) is 6.89. The monoisotopic (exact) mass is 399 g/mol. The number of hydrogen-bond acceptors (Lipinski definition) is 3. The second-order valence-corrected chi connectivity index (χ2v) is 8.94. The predicted molar refractivity (Wildman–Crippen MR) is 113 cm³/mol. The Hall–Kier alpha value is -2.08. The van der Waals surface area contributed by atoms with Crippen LogP contribution in [0.4, 0.5) is 10.5 Å². The fraction of sp³-hybridized carbons (Fsp3) is 0.652. The molecule has 0 aromatic heterocycles. The van der Waals surface area contributed by atoms with Gasteiger partial charge in [0, 0.05) is 31.2 Å². The van der Waals surface area contributed by atoms with Crippen LogP contribution in [-0.2, 0) is 16.0 Å². The Kier molecular flexibility index (Phi) is 5.81. The summed E-state index contributed by atoms with van der Waals surface area (Å²) in [4.78, 5) is 27.1. The van der Waals surface area contributed by atoms with E-state index in [1.165, 1.54) is 12.8 Å². The molecule has 0 radical (unpaired) electrons. The molecular weight excluding hydrogens is 366 g/mol. The quantitative estimate of drug-likeness (QED) is 0.795. The Balaban J connectivity index is 1.32. The number of rotatable bonds is 5. The maximum absolute atomic E-state index is 12.8. The van der Waals surface area contributed by atoms with Gasteiger partial charge < -0.3 is 20.3 Å². The molecule has 1 saturated carbocycles. The number of urea groups is 1. The van der Waals surface area contributed by atoms with E-state index < -0.39 is 0 Å². The van der Waals surface area contributed by atoms with Crippen molar-refractivity contribution in [1.29, 1.82) is 0 Å². The summed E-state index contributed by atoms with van der Waals surface area (Å²) in [5.41, 5.74) is 1.75. The molecule has 3 fully saturated rings. The standard InChI is InChI=1S/C23H33N3O3/c1-3-18-6-4-5-7-19(18)25-22(28)26-13-12-23(16(2)15-26)11-10-20(29-23)21(27)24-14-17-8-9-17/h4-7,16-17,20H,3,8-15H2,1-2H3,(H,24,27)(H,25,28). The molecule has 4 rings (SSSR count). The highest BCUT2D eigenvalue weighted by Crippen LogP contribution is 2.42. The van der Waals surface area contributed by atoms with Crippen molar-refractivity contribution in [2.75, 3.05) is 25.0 Å². The van der Waals surface area contributed by atoms with E-state index in [-0.39, 0.29) is 29.6 Å². The van der Waals surface area contributed by atoms with Gasteiger partial charge in [-0.1, -0.05) is 32.0 Å². The number of para-hydroxylation sites is 1. The lowest BCUT2D eigenvalue weighted by molar-refractivity contribution is -0.146. The van der Waals surface area contributed by atoms with Crippen LogP contribution in [0.2, 0.25) is 0 Å². The maximum Gasteiger partial charge on any atom is 0.321 e. The highest BCUT2D eigenvalue weighted by molar-refractivity contribution is 5.90. The summed E-state index contributed by atoms with van der Waals surface area (Å²) in [6.45, 7) is 6.32. The molecule has 1 spiro atoms. The van der Waals surface area contributed by atoms with Crippen LogP contribution in [0.25, 0.3) is 0 Å². The smallest absolute Gasteiger partial charge is 0.321 e. The number of anilines is 1. The van der Waals surface area contributed by atoms with Gasteiger partial charge in [0.15, 0.2) is 0 Å².